The summed E-state index contributed by atoms with van der Waals surface area (Å²) in [5.41, 5.74) is -0.971. The summed E-state index contributed by atoms with van der Waals surface area (Å²) in [7, 11) is 4.01. The Kier molecular flexibility index (Phi) is 4.55. The van der Waals surface area contributed by atoms with Crippen LogP contribution in [-0.2, 0) is 17.5 Å². The van der Waals surface area contributed by atoms with E-state index in [0.717, 1.165) is 23.6 Å². The van der Waals surface area contributed by atoms with Crippen LogP contribution in [0.25, 0.3) is 0 Å². The van der Waals surface area contributed by atoms with Crippen LogP contribution in [0.2, 0.25) is 0 Å². The lowest BCUT2D eigenvalue weighted by Gasteiger charge is -2.35. The summed E-state index contributed by atoms with van der Waals surface area (Å²) in [6.07, 6.45) is -1.52. The molecular weight excluding hydrogens is 285 g/mol. The number of carbonyl (C=O) groups is 1. The fraction of sp³-hybridized carbons (Fsp3) is 0.692. The Labute approximate surface area is 121 Å². The number of halogens is 3. The maximum atomic E-state index is 12.4. The Morgan fingerprint density at radius 1 is 1.38 bits per heavy atom. The van der Waals surface area contributed by atoms with E-state index < -0.39 is 11.9 Å². The van der Waals surface area contributed by atoms with E-state index in [-0.39, 0.29) is 12.5 Å². The molecule has 2 heterocycles. The molecule has 0 aromatic carbocycles. The molecule has 1 amide bonds. The van der Waals surface area contributed by atoms with Crippen molar-refractivity contribution in [3.05, 3.63) is 18.0 Å². The van der Waals surface area contributed by atoms with Gasteiger partial charge < -0.3 is 9.80 Å². The van der Waals surface area contributed by atoms with Crippen molar-refractivity contribution >= 4 is 5.91 Å². The van der Waals surface area contributed by atoms with Gasteiger partial charge in [-0.05, 0) is 33.0 Å². The van der Waals surface area contributed by atoms with E-state index in [9.17, 15) is 18.0 Å². The average Bonchev–Trinajstić information content (AvgIpc) is 2.87. The van der Waals surface area contributed by atoms with Crippen LogP contribution in [0.15, 0.2) is 12.3 Å². The maximum absolute atomic E-state index is 12.4. The van der Waals surface area contributed by atoms with Gasteiger partial charge in [0.25, 0.3) is 0 Å². The molecule has 0 saturated carbocycles. The van der Waals surface area contributed by atoms with Crippen LogP contribution in [-0.4, -0.2) is 58.7 Å². The van der Waals surface area contributed by atoms with Gasteiger partial charge in [0.1, 0.15) is 6.54 Å². The molecule has 21 heavy (non-hydrogen) atoms. The first kappa shape index (κ1) is 15.8. The van der Waals surface area contributed by atoms with E-state index in [4.69, 9.17) is 0 Å². The standard InChI is InChI=1S/C13H19F3N4O/c1-18(2)10-3-6-19(7-4-10)12(21)9-20-8-5-11(17-20)13(14,15)16/h5,8,10H,3-4,6-7,9H2,1-2H3. The highest BCUT2D eigenvalue weighted by molar-refractivity contribution is 5.76. The molecule has 0 spiro atoms. The van der Waals surface area contributed by atoms with Gasteiger partial charge in [-0.3, -0.25) is 9.48 Å². The number of rotatable bonds is 3. The largest absolute Gasteiger partial charge is 0.435 e. The molecular formula is C13H19F3N4O. The second kappa shape index (κ2) is 6.05. The van der Waals surface area contributed by atoms with Gasteiger partial charge >= 0.3 is 6.18 Å². The van der Waals surface area contributed by atoms with Crippen molar-refractivity contribution in [2.45, 2.75) is 31.6 Å². The summed E-state index contributed by atoms with van der Waals surface area (Å²) in [5, 5.41) is 3.40. The van der Waals surface area contributed by atoms with Crippen LogP contribution < -0.4 is 0 Å². The molecule has 5 nitrogen and oxygen atoms in total. The molecule has 0 unspecified atom stereocenters. The molecule has 0 aliphatic carbocycles. The molecule has 118 valence electrons. The van der Waals surface area contributed by atoms with Gasteiger partial charge in [-0.15, -0.1) is 0 Å². The molecule has 0 radical (unpaired) electrons. The van der Waals surface area contributed by atoms with Crippen molar-refractivity contribution in [2.75, 3.05) is 27.2 Å². The number of likely N-dealkylation sites (tertiary alicyclic amines) is 1. The van der Waals surface area contributed by atoms with E-state index in [1.54, 1.807) is 4.90 Å². The Balaban J connectivity index is 1.89. The minimum absolute atomic E-state index is 0.150. The monoisotopic (exact) mass is 304 g/mol. The SMILES string of the molecule is CN(C)C1CCN(C(=O)Cn2ccc(C(F)(F)F)n2)CC1. The Morgan fingerprint density at radius 3 is 2.48 bits per heavy atom. The van der Waals surface area contributed by atoms with E-state index in [0.29, 0.717) is 19.1 Å². The Hall–Kier alpha value is -1.57. The van der Waals surface area contributed by atoms with Gasteiger partial charge in [0.2, 0.25) is 5.91 Å². The van der Waals surface area contributed by atoms with Crippen LogP contribution in [0.4, 0.5) is 13.2 Å². The second-order valence-electron chi connectivity index (χ2n) is 5.47. The summed E-state index contributed by atoms with van der Waals surface area (Å²) in [6.45, 7) is 1.12. The first-order valence-electron chi connectivity index (χ1n) is 6.82. The molecule has 2 rings (SSSR count). The highest BCUT2D eigenvalue weighted by Gasteiger charge is 2.33. The number of piperidine rings is 1. The zero-order valence-electron chi connectivity index (χ0n) is 12.1. The van der Waals surface area contributed by atoms with Crippen LogP contribution in [0.5, 0.6) is 0 Å². The van der Waals surface area contributed by atoms with Gasteiger partial charge in [0, 0.05) is 25.3 Å². The topological polar surface area (TPSA) is 41.4 Å². The smallest absolute Gasteiger partial charge is 0.341 e. The molecule has 1 aliphatic heterocycles. The fourth-order valence-corrected chi connectivity index (χ4v) is 2.47. The Morgan fingerprint density at radius 2 is 2.00 bits per heavy atom. The van der Waals surface area contributed by atoms with E-state index in [2.05, 4.69) is 10.00 Å². The van der Waals surface area contributed by atoms with Gasteiger partial charge in [0.15, 0.2) is 5.69 Å². The van der Waals surface area contributed by atoms with Crippen LogP contribution in [0.1, 0.15) is 18.5 Å². The molecule has 1 aliphatic rings. The summed E-state index contributed by atoms with van der Waals surface area (Å²) in [5.74, 6) is -0.191. The van der Waals surface area contributed by atoms with Crippen molar-refractivity contribution < 1.29 is 18.0 Å². The summed E-state index contributed by atoms with van der Waals surface area (Å²) >= 11 is 0. The minimum atomic E-state index is -4.47. The molecule has 8 heteroatoms. The third-order valence-electron chi connectivity index (χ3n) is 3.78. The highest BCUT2D eigenvalue weighted by atomic mass is 19.4. The first-order valence-corrected chi connectivity index (χ1v) is 6.82. The van der Waals surface area contributed by atoms with Crippen molar-refractivity contribution in [3.8, 4) is 0 Å². The predicted octanol–water partition coefficient (Wildman–Crippen LogP) is 1.45. The second-order valence-corrected chi connectivity index (χ2v) is 5.47. The third-order valence-corrected chi connectivity index (χ3v) is 3.78. The Bertz CT molecular complexity index is 490. The molecule has 1 fully saturated rings. The van der Waals surface area contributed by atoms with Crippen molar-refractivity contribution in [3.63, 3.8) is 0 Å². The number of aromatic nitrogens is 2. The average molecular weight is 304 g/mol. The molecule has 1 saturated heterocycles. The van der Waals surface area contributed by atoms with E-state index >= 15 is 0 Å². The number of amides is 1. The number of hydrogen-bond acceptors (Lipinski definition) is 3. The van der Waals surface area contributed by atoms with Crippen molar-refractivity contribution in [1.29, 1.82) is 0 Å². The fourth-order valence-electron chi connectivity index (χ4n) is 2.47. The van der Waals surface area contributed by atoms with Crippen molar-refractivity contribution in [1.82, 2.24) is 19.6 Å². The molecule has 0 bridgehead atoms. The summed E-state index contributed by atoms with van der Waals surface area (Å²) in [6, 6.07) is 1.33. The van der Waals surface area contributed by atoms with Gasteiger partial charge in [-0.25, -0.2) is 0 Å². The third kappa shape index (κ3) is 3.96. The first-order chi connectivity index (χ1) is 9.77. The number of carbonyl (C=O) groups excluding carboxylic acids is 1. The highest BCUT2D eigenvalue weighted by Crippen LogP contribution is 2.27. The molecule has 0 atom stereocenters. The number of nitrogens with zero attached hydrogens (tertiary/aromatic N) is 4. The predicted molar refractivity (Wildman–Crippen MR) is 70.5 cm³/mol. The van der Waals surface area contributed by atoms with E-state index in [1.165, 1.54) is 6.20 Å². The van der Waals surface area contributed by atoms with E-state index in [1.807, 2.05) is 14.1 Å². The molecule has 1 aromatic heterocycles. The van der Waals surface area contributed by atoms with Crippen LogP contribution >= 0.6 is 0 Å². The zero-order chi connectivity index (χ0) is 15.6. The molecule has 0 N–H and O–H groups in total. The number of alkyl halides is 3. The quantitative estimate of drug-likeness (QED) is 0.849. The van der Waals surface area contributed by atoms with Crippen LogP contribution in [0, 0.1) is 0 Å². The number of hydrogen-bond donors (Lipinski definition) is 0. The summed E-state index contributed by atoms with van der Waals surface area (Å²) < 4.78 is 38.4. The maximum Gasteiger partial charge on any atom is 0.435 e. The van der Waals surface area contributed by atoms with Gasteiger partial charge in [-0.1, -0.05) is 0 Å². The zero-order valence-corrected chi connectivity index (χ0v) is 12.1. The van der Waals surface area contributed by atoms with Crippen LogP contribution in [0.3, 0.4) is 0 Å². The minimum Gasteiger partial charge on any atom is -0.341 e. The van der Waals surface area contributed by atoms with Gasteiger partial charge in [0.05, 0.1) is 0 Å². The lowest BCUT2D eigenvalue weighted by atomic mass is 10.0. The molecule has 1 aromatic rings. The normalized spacial score (nSPS) is 17.5. The van der Waals surface area contributed by atoms with Crippen molar-refractivity contribution in [2.24, 2.45) is 0 Å². The lowest BCUT2D eigenvalue weighted by molar-refractivity contribution is -0.142. The lowest BCUT2D eigenvalue weighted by Crippen LogP contribution is -2.45. The summed E-state index contributed by atoms with van der Waals surface area (Å²) in [4.78, 5) is 15.9. The van der Waals surface area contributed by atoms with Gasteiger partial charge in [-0.2, -0.15) is 18.3 Å².